The lowest BCUT2D eigenvalue weighted by molar-refractivity contribution is -0.119. The lowest BCUT2D eigenvalue weighted by Crippen LogP contribution is -2.28. The van der Waals surface area contributed by atoms with E-state index in [0.717, 1.165) is 32.3 Å². The fraction of sp³-hybridized carbons (Fsp3) is 0.316. The summed E-state index contributed by atoms with van der Waals surface area (Å²) in [6.07, 6.45) is 1.56. The van der Waals surface area contributed by atoms with Crippen molar-refractivity contribution in [3.8, 4) is 11.5 Å². The molecule has 1 aliphatic heterocycles. The van der Waals surface area contributed by atoms with Crippen molar-refractivity contribution < 1.29 is 14.3 Å². The highest BCUT2D eigenvalue weighted by Gasteiger charge is 2.18. The number of carbonyl (C=O) groups excluding carboxylic acids is 1. The Balaban J connectivity index is 1.41. The summed E-state index contributed by atoms with van der Waals surface area (Å²) in [5, 5.41) is 4.94. The molecular formula is C19H19N3O3S2. The number of aryl methyl sites for hydroxylation is 2. The Kier molecular flexibility index (Phi) is 4.92. The molecule has 0 spiro atoms. The normalized spacial score (nSPS) is 13.7. The Bertz CT molecular complexity index is 1020. The number of rotatable bonds is 5. The zero-order valence-electron chi connectivity index (χ0n) is 15.2. The van der Waals surface area contributed by atoms with Crippen LogP contribution in [-0.4, -0.2) is 28.4 Å². The van der Waals surface area contributed by atoms with Crippen molar-refractivity contribution in [2.75, 3.05) is 12.5 Å². The lowest BCUT2D eigenvalue weighted by Gasteiger charge is -2.14. The minimum absolute atomic E-state index is 0.0402. The Labute approximate surface area is 165 Å². The molecule has 0 unspecified atom stereocenters. The van der Waals surface area contributed by atoms with Crippen LogP contribution >= 0.6 is 23.1 Å². The quantitative estimate of drug-likeness (QED) is 0.514. The first-order valence-corrected chi connectivity index (χ1v) is 10.4. The largest absolute Gasteiger partial charge is 0.454 e. The van der Waals surface area contributed by atoms with Gasteiger partial charge in [-0.25, -0.2) is 9.97 Å². The number of ether oxygens (including phenoxy) is 2. The van der Waals surface area contributed by atoms with Crippen molar-refractivity contribution in [1.82, 2.24) is 15.3 Å². The number of thioether (sulfide) groups is 1. The molecule has 1 amide bonds. The van der Waals surface area contributed by atoms with Crippen molar-refractivity contribution in [2.24, 2.45) is 0 Å². The maximum atomic E-state index is 12.4. The van der Waals surface area contributed by atoms with Gasteiger partial charge >= 0.3 is 0 Å². The van der Waals surface area contributed by atoms with E-state index >= 15 is 0 Å². The molecule has 0 saturated carbocycles. The number of aromatic nitrogens is 2. The molecule has 3 heterocycles. The third kappa shape index (κ3) is 3.59. The number of carbonyl (C=O) groups is 1. The van der Waals surface area contributed by atoms with Gasteiger partial charge in [-0.3, -0.25) is 4.79 Å². The topological polar surface area (TPSA) is 73.3 Å². The molecule has 0 fully saturated rings. The molecular weight excluding hydrogens is 382 g/mol. The summed E-state index contributed by atoms with van der Waals surface area (Å²) in [7, 11) is 0. The summed E-state index contributed by atoms with van der Waals surface area (Å²) in [4.78, 5) is 23.3. The summed E-state index contributed by atoms with van der Waals surface area (Å²) < 4.78 is 10.7. The van der Waals surface area contributed by atoms with Crippen molar-refractivity contribution in [3.63, 3.8) is 0 Å². The molecule has 0 saturated heterocycles. The van der Waals surface area contributed by atoms with Crippen LogP contribution in [0.2, 0.25) is 0 Å². The number of fused-ring (bicyclic) bond motifs is 2. The van der Waals surface area contributed by atoms with Gasteiger partial charge in [0, 0.05) is 10.3 Å². The Hall–Kier alpha value is -2.32. The standard InChI is InChI=1S/C19H19N3O3S2/c1-10-12(3)27-19-17(10)18(20-8-21-19)26-7-16(23)22-11(2)13-4-5-14-15(6-13)25-9-24-14/h4-6,8,11H,7,9H2,1-3H3,(H,22,23)/t11-/m0/s1. The maximum Gasteiger partial charge on any atom is 0.231 e. The molecule has 140 valence electrons. The number of hydrogen-bond acceptors (Lipinski definition) is 7. The van der Waals surface area contributed by atoms with Crippen LogP contribution in [0.15, 0.2) is 29.6 Å². The van der Waals surface area contributed by atoms with Crippen LogP contribution in [0.4, 0.5) is 0 Å². The molecule has 1 N–H and O–H groups in total. The fourth-order valence-corrected chi connectivity index (χ4v) is 4.87. The number of nitrogens with zero attached hydrogens (tertiary/aromatic N) is 2. The predicted octanol–water partition coefficient (Wildman–Crippen LogP) is 4.01. The van der Waals surface area contributed by atoms with Gasteiger partial charge in [-0.15, -0.1) is 11.3 Å². The third-order valence-corrected chi connectivity index (χ3v) is 6.65. The first kappa shape index (κ1) is 18.1. The average Bonchev–Trinajstić information content (AvgIpc) is 3.24. The fourth-order valence-electron chi connectivity index (χ4n) is 2.94. The second-order valence-electron chi connectivity index (χ2n) is 6.33. The molecule has 1 atom stereocenters. The van der Waals surface area contributed by atoms with Crippen LogP contribution < -0.4 is 14.8 Å². The van der Waals surface area contributed by atoms with Crippen LogP contribution in [0.5, 0.6) is 11.5 Å². The van der Waals surface area contributed by atoms with Gasteiger partial charge in [0.05, 0.1) is 11.8 Å². The van der Waals surface area contributed by atoms with E-state index in [4.69, 9.17) is 9.47 Å². The average molecular weight is 402 g/mol. The number of hydrogen-bond donors (Lipinski definition) is 1. The Morgan fingerprint density at radius 2 is 2.11 bits per heavy atom. The van der Waals surface area contributed by atoms with E-state index in [1.165, 1.54) is 22.2 Å². The number of nitrogens with one attached hydrogen (secondary N) is 1. The molecule has 1 aliphatic rings. The molecule has 3 aromatic rings. The number of thiophene rings is 1. The monoisotopic (exact) mass is 401 g/mol. The molecule has 8 heteroatoms. The number of benzene rings is 1. The molecule has 2 aromatic heterocycles. The highest BCUT2D eigenvalue weighted by atomic mass is 32.2. The smallest absolute Gasteiger partial charge is 0.231 e. The molecule has 0 radical (unpaired) electrons. The van der Waals surface area contributed by atoms with Crippen LogP contribution in [0.3, 0.4) is 0 Å². The van der Waals surface area contributed by atoms with E-state index in [1.54, 1.807) is 17.7 Å². The van der Waals surface area contributed by atoms with E-state index in [9.17, 15) is 4.79 Å². The van der Waals surface area contributed by atoms with E-state index in [1.807, 2.05) is 25.1 Å². The summed E-state index contributed by atoms with van der Waals surface area (Å²) in [6, 6.07) is 5.60. The van der Waals surface area contributed by atoms with Gasteiger partial charge < -0.3 is 14.8 Å². The van der Waals surface area contributed by atoms with E-state index < -0.39 is 0 Å². The Morgan fingerprint density at radius 3 is 2.96 bits per heavy atom. The second kappa shape index (κ2) is 7.36. The first-order valence-electron chi connectivity index (χ1n) is 8.55. The summed E-state index contributed by atoms with van der Waals surface area (Å²) in [5.41, 5.74) is 2.17. The lowest BCUT2D eigenvalue weighted by atomic mass is 10.1. The van der Waals surface area contributed by atoms with Crippen molar-refractivity contribution in [3.05, 3.63) is 40.5 Å². The van der Waals surface area contributed by atoms with Crippen LogP contribution in [0, 0.1) is 13.8 Å². The zero-order valence-corrected chi connectivity index (χ0v) is 16.9. The van der Waals surface area contributed by atoms with Gasteiger partial charge in [-0.1, -0.05) is 17.8 Å². The maximum absolute atomic E-state index is 12.4. The van der Waals surface area contributed by atoms with Gasteiger partial charge in [0.2, 0.25) is 12.7 Å². The van der Waals surface area contributed by atoms with Crippen molar-refractivity contribution in [2.45, 2.75) is 31.8 Å². The van der Waals surface area contributed by atoms with Crippen molar-refractivity contribution >= 4 is 39.2 Å². The highest BCUT2D eigenvalue weighted by molar-refractivity contribution is 8.00. The third-order valence-electron chi connectivity index (χ3n) is 4.54. The zero-order chi connectivity index (χ0) is 19.0. The molecule has 0 bridgehead atoms. The van der Waals surface area contributed by atoms with Gasteiger partial charge in [-0.05, 0) is 44.0 Å². The van der Waals surface area contributed by atoms with Crippen molar-refractivity contribution in [1.29, 1.82) is 0 Å². The number of amides is 1. The van der Waals surface area contributed by atoms with Gasteiger partial charge in [0.25, 0.3) is 0 Å². The van der Waals surface area contributed by atoms with Gasteiger partial charge in [-0.2, -0.15) is 0 Å². The Morgan fingerprint density at radius 1 is 1.30 bits per heavy atom. The summed E-state index contributed by atoms with van der Waals surface area (Å²) >= 11 is 3.10. The van der Waals surface area contributed by atoms with Gasteiger partial charge in [0.15, 0.2) is 11.5 Å². The highest BCUT2D eigenvalue weighted by Crippen LogP contribution is 2.35. The molecule has 1 aromatic carbocycles. The van der Waals surface area contributed by atoms with E-state index in [0.29, 0.717) is 5.75 Å². The minimum atomic E-state index is -0.122. The minimum Gasteiger partial charge on any atom is -0.454 e. The SMILES string of the molecule is Cc1sc2ncnc(SCC(=O)N[C@@H](C)c3ccc4c(c3)OCO4)c2c1C. The van der Waals surface area contributed by atoms with Crippen LogP contribution in [0.25, 0.3) is 10.2 Å². The summed E-state index contributed by atoms with van der Waals surface area (Å²) in [5.74, 6) is 1.72. The molecule has 27 heavy (non-hydrogen) atoms. The van der Waals surface area contributed by atoms with Gasteiger partial charge in [0.1, 0.15) is 16.2 Å². The predicted molar refractivity (Wildman–Crippen MR) is 107 cm³/mol. The molecule has 6 nitrogen and oxygen atoms in total. The van der Waals surface area contributed by atoms with E-state index in [-0.39, 0.29) is 18.7 Å². The van der Waals surface area contributed by atoms with Crippen LogP contribution in [-0.2, 0) is 4.79 Å². The second-order valence-corrected chi connectivity index (χ2v) is 8.50. The summed E-state index contributed by atoms with van der Waals surface area (Å²) in [6.45, 7) is 6.35. The van der Waals surface area contributed by atoms with E-state index in [2.05, 4.69) is 29.1 Å². The molecule has 4 rings (SSSR count). The molecule has 0 aliphatic carbocycles. The first-order chi connectivity index (χ1) is 13.0. The van der Waals surface area contributed by atoms with Crippen LogP contribution in [0.1, 0.15) is 29.0 Å².